The summed E-state index contributed by atoms with van der Waals surface area (Å²) in [6.07, 6.45) is 0. The fourth-order valence-electron chi connectivity index (χ4n) is 1.91. The number of nitrogens with zero attached hydrogens (tertiary/aromatic N) is 2. The van der Waals surface area contributed by atoms with E-state index in [1.54, 1.807) is 0 Å². The first-order chi connectivity index (χ1) is 9.01. The average molecular weight is 297 g/mol. The van der Waals surface area contributed by atoms with Gasteiger partial charge in [-0.25, -0.2) is 4.98 Å². The highest BCUT2D eigenvalue weighted by Crippen LogP contribution is 2.17. The fraction of sp³-hybridized carbons (Fsp3) is 0.500. The molecular formula is C14H21ClN2OSi. The lowest BCUT2D eigenvalue weighted by atomic mass is 10.3. The number of halogens is 1. The van der Waals surface area contributed by atoms with E-state index >= 15 is 0 Å². The Hall–Kier alpha value is -0.843. The Bertz CT molecular complexity index is 548. The van der Waals surface area contributed by atoms with Crippen molar-refractivity contribution >= 4 is 30.7 Å². The Morgan fingerprint density at radius 1 is 1.26 bits per heavy atom. The van der Waals surface area contributed by atoms with Crippen molar-refractivity contribution in [2.24, 2.45) is 0 Å². The third-order valence-electron chi connectivity index (χ3n) is 3.07. The maximum absolute atomic E-state index is 5.96. The molecule has 1 heterocycles. The zero-order valence-corrected chi connectivity index (χ0v) is 13.6. The van der Waals surface area contributed by atoms with E-state index in [9.17, 15) is 0 Å². The number of ether oxygens (including phenoxy) is 1. The van der Waals surface area contributed by atoms with Crippen molar-refractivity contribution in [2.75, 3.05) is 6.61 Å². The molecule has 3 nitrogen and oxygen atoms in total. The van der Waals surface area contributed by atoms with Crippen LogP contribution in [0.2, 0.25) is 25.7 Å². The molecule has 1 aromatic carbocycles. The quantitative estimate of drug-likeness (QED) is 0.456. The number of alkyl halides is 1. The minimum atomic E-state index is -1.03. The summed E-state index contributed by atoms with van der Waals surface area (Å²) >= 11 is 5.96. The van der Waals surface area contributed by atoms with Gasteiger partial charge in [0.25, 0.3) is 0 Å². The van der Waals surface area contributed by atoms with Crippen molar-refractivity contribution in [3.63, 3.8) is 0 Å². The second kappa shape index (κ2) is 6.07. The number of para-hydroxylation sites is 2. The molecular weight excluding hydrogens is 276 g/mol. The molecule has 2 rings (SSSR count). The first-order valence-electron chi connectivity index (χ1n) is 6.59. The highest BCUT2D eigenvalue weighted by Gasteiger charge is 2.13. The Morgan fingerprint density at radius 3 is 2.68 bits per heavy atom. The predicted molar refractivity (Wildman–Crippen MR) is 83.4 cm³/mol. The van der Waals surface area contributed by atoms with Crippen LogP contribution in [-0.2, 0) is 17.3 Å². The minimum Gasteiger partial charge on any atom is -0.361 e. The number of benzene rings is 1. The monoisotopic (exact) mass is 296 g/mol. The maximum atomic E-state index is 5.96. The number of hydrogen-bond acceptors (Lipinski definition) is 2. The molecule has 0 bridgehead atoms. The van der Waals surface area contributed by atoms with Gasteiger partial charge in [-0.3, -0.25) is 0 Å². The molecule has 0 atom stereocenters. The SMILES string of the molecule is C[Si](C)(C)CCOCn1c(CCl)nc2ccccc21. The van der Waals surface area contributed by atoms with Gasteiger partial charge >= 0.3 is 0 Å². The number of rotatable bonds is 6. The summed E-state index contributed by atoms with van der Waals surface area (Å²) in [6, 6.07) is 9.24. The topological polar surface area (TPSA) is 27.1 Å². The first-order valence-corrected chi connectivity index (χ1v) is 10.8. The molecule has 0 aliphatic heterocycles. The summed E-state index contributed by atoms with van der Waals surface area (Å²) in [5.74, 6) is 1.28. The summed E-state index contributed by atoms with van der Waals surface area (Å²) < 4.78 is 7.87. The van der Waals surface area contributed by atoms with Gasteiger partial charge in [0.1, 0.15) is 12.6 Å². The van der Waals surface area contributed by atoms with Gasteiger partial charge in [0.2, 0.25) is 0 Å². The van der Waals surface area contributed by atoms with Crippen LogP contribution in [0.3, 0.4) is 0 Å². The van der Waals surface area contributed by atoms with Gasteiger partial charge in [0.15, 0.2) is 0 Å². The molecule has 0 spiro atoms. The van der Waals surface area contributed by atoms with E-state index in [1.165, 1.54) is 6.04 Å². The Labute approximate surface area is 120 Å². The fourth-order valence-corrected chi connectivity index (χ4v) is 2.87. The van der Waals surface area contributed by atoms with Crippen molar-refractivity contribution in [1.29, 1.82) is 0 Å². The highest BCUT2D eigenvalue weighted by atomic mass is 35.5. The second-order valence-electron chi connectivity index (χ2n) is 5.93. The molecule has 0 saturated heterocycles. The third kappa shape index (κ3) is 3.81. The van der Waals surface area contributed by atoms with Crippen LogP contribution in [-0.4, -0.2) is 24.2 Å². The van der Waals surface area contributed by atoms with Gasteiger partial charge in [0, 0.05) is 14.7 Å². The lowest BCUT2D eigenvalue weighted by Gasteiger charge is -2.16. The van der Waals surface area contributed by atoms with Crippen LogP contribution in [0.5, 0.6) is 0 Å². The smallest absolute Gasteiger partial charge is 0.126 e. The van der Waals surface area contributed by atoms with Crippen LogP contribution in [0.4, 0.5) is 0 Å². The molecule has 104 valence electrons. The van der Waals surface area contributed by atoms with Crippen molar-refractivity contribution in [2.45, 2.75) is 38.3 Å². The molecule has 0 radical (unpaired) electrons. The number of aromatic nitrogens is 2. The summed E-state index contributed by atoms with van der Waals surface area (Å²) in [4.78, 5) is 4.52. The molecule has 0 aliphatic carbocycles. The number of imidazole rings is 1. The zero-order chi connectivity index (χ0) is 13.9. The molecule has 0 N–H and O–H groups in total. The van der Waals surface area contributed by atoms with E-state index in [2.05, 4.69) is 35.3 Å². The maximum Gasteiger partial charge on any atom is 0.126 e. The standard InChI is InChI=1S/C14H21ClN2OSi/c1-19(2,3)9-8-18-11-17-13-7-5-4-6-12(13)16-14(17)10-15/h4-7H,8-11H2,1-3H3. The Kier molecular flexibility index (Phi) is 4.65. The number of hydrogen-bond donors (Lipinski definition) is 0. The van der Waals surface area contributed by atoms with Gasteiger partial charge in [-0.2, -0.15) is 0 Å². The molecule has 5 heteroatoms. The molecule has 0 unspecified atom stereocenters. The van der Waals surface area contributed by atoms with E-state index in [4.69, 9.17) is 16.3 Å². The van der Waals surface area contributed by atoms with Crippen molar-refractivity contribution in [3.8, 4) is 0 Å². The lowest BCUT2D eigenvalue weighted by molar-refractivity contribution is 0.0883. The van der Waals surface area contributed by atoms with E-state index in [0.29, 0.717) is 12.6 Å². The van der Waals surface area contributed by atoms with Crippen LogP contribution in [0.25, 0.3) is 11.0 Å². The van der Waals surface area contributed by atoms with Crippen LogP contribution in [0.15, 0.2) is 24.3 Å². The van der Waals surface area contributed by atoms with Crippen LogP contribution >= 0.6 is 11.6 Å². The first kappa shape index (κ1) is 14.6. The molecule has 0 saturated carbocycles. The summed E-state index contributed by atoms with van der Waals surface area (Å²) in [5.41, 5.74) is 2.07. The van der Waals surface area contributed by atoms with Crippen molar-refractivity contribution in [1.82, 2.24) is 9.55 Å². The second-order valence-corrected chi connectivity index (χ2v) is 11.8. The molecule has 1 aromatic heterocycles. The van der Waals surface area contributed by atoms with Gasteiger partial charge in [-0.15, -0.1) is 11.6 Å². The van der Waals surface area contributed by atoms with E-state index < -0.39 is 8.07 Å². The Morgan fingerprint density at radius 2 is 2.00 bits per heavy atom. The summed E-state index contributed by atoms with van der Waals surface area (Å²) in [5, 5.41) is 0. The molecule has 0 aliphatic rings. The zero-order valence-electron chi connectivity index (χ0n) is 11.8. The van der Waals surface area contributed by atoms with Crippen LogP contribution < -0.4 is 0 Å². The molecule has 0 fully saturated rings. The van der Waals surface area contributed by atoms with Gasteiger partial charge in [0.05, 0.1) is 16.9 Å². The number of fused-ring (bicyclic) bond motifs is 1. The van der Waals surface area contributed by atoms with E-state index in [1.807, 2.05) is 18.2 Å². The van der Waals surface area contributed by atoms with E-state index in [-0.39, 0.29) is 0 Å². The minimum absolute atomic E-state index is 0.409. The third-order valence-corrected chi connectivity index (χ3v) is 5.01. The van der Waals surface area contributed by atoms with Gasteiger partial charge < -0.3 is 9.30 Å². The van der Waals surface area contributed by atoms with Crippen LogP contribution in [0.1, 0.15) is 5.82 Å². The van der Waals surface area contributed by atoms with Crippen LogP contribution in [0, 0.1) is 0 Å². The van der Waals surface area contributed by atoms with Gasteiger partial charge in [-0.05, 0) is 18.2 Å². The summed E-state index contributed by atoms with van der Waals surface area (Å²) in [7, 11) is -1.03. The molecule has 19 heavy (non-hydrogen) atoms. The predicted octanol–water partition coefficient (Wildman–Crippen LogP) is 4.09. The summed E-state index contributed by atoms with van der Waals surface area (Å²) in [6.45, 7) is 8.41. The molecule has 0 amide bonds. The average Bonchev–Trinajstić information content (AvgIpc) is 2.71. The Balaban J connectivity index is 2.07. The highest BCUT2D eigenvalue weighted by molar-refractivity contribution is 6.76. The normalized spacial score (nSPS) is 12.2. The van der Waals surface area contributed by atoms with Crippen molar-refractivity contribution in [3.05, 3.63) is 30.1 Å². The molecule has 2 aromatic rings. The van der Waals surface area contributed by atoms with Crippen molar-refractivity contribution < 1.29 is 4.74 Å². The van der Waals surface area contributed by atoms with E-state index in [0.717, 1.165) is 23.5 Å². The largest absolute Gasteiger partial charge is 0.361 e. The lowest BCUT2D eigenvalue weighted by Crippen LogP contribution is -2.22. The van der Waals surface area contributed by atoms with Gasteiger partial charge in [-0.1, -0.05) is 31.8 Å².